The molecule has 8 heteroatoms. The number of hydrogen-bond donors (Lipinski definition) is 1. The first-order valence-electron chi connectivity index (χ1n) is 9.31. The molecule has 0 radical (unpaired) electrons. The van der Waals surface area contributed by atoms with Gasteiger partial charge < -0.3 is 10.1 Å². The lowest BCUT2D eigenvalue weighted by Gasteiger charge is -2.22. The van der Waals surface area contributed by atoms with Crippen LogP contribution in [0.4, 0.5) is 27.6 Å². The second-order valence-corrected chi connectivity index (χ2v) is 7.54. The highest BCUT2D eigenvalue weighted by Gasteiger charge is 2.42. The van der Waals surface area contributed by atoms with Gasteiger partial charge in [0.05, 0.1) is 5.41 Å². The topological polar surface area (TPSA) is 38.3 Å². The normalized spacial score (nSPS) is 17.9. The number of rotatable bonds is 4. The molecule has 3 nitrogen and oxygen atoms in total. The van der Waals surface area contributed by atoms with E-state index in [-0.39, 0.29) is 23.6 Å². The van der Waals surface area contributed by atoms with Gasteiger partial charge in [-0.05, 0) is 60.4 Å². The zero-order valence-electron chi connectivity index (χ0n) is 16.2. The van der Waals surface area contributed by atoms with Crippen molar-refractivity contribution in [3.05, 3.63) is 83.4 Å². The first kappa shape index (κ1) is 20.8. The number of fused-ring (bicyclic) bond motifs is 1. The van der Waals surface area contributed by atoms with Crippen LogP contribution in [0.2, 0.25) is 0 Å². The number of anilines is 1. The van der Waals surface area contributed by atoms with E-state index in [2.05, 4.69) is 10.1 Å². The maximum absolute atomic E-state index is 14.1. The molecule has 0 spiro atoms. The molecule has 4 rings (SSSR count). The van der Waals surface area contributed by atoms with Crippen LogP contribution in [-0.4, -0.2) is 12.3 Å². The number of carbonyl (C=O) groups excluding carboxylic acids is 1. The van der Waals surface area contributed by atoms with Crippen molar-refractivity contribution in [3.63, 3.8) is 0 Å². The van der Waals surface area contributed by atoms with Gasteiger partial charge in [-0.15, -0.1) is 13.2 Å². The van der Waals surface area contributed by atoms with Gasteiger partial charge in [0, 0.05) is 17.3 Å². The molecule has 0 saturated carbocycles. The van der Waals surface area contributed by atoms with Crippen molar-refractivity contribution in [2.24, 2.45) is 0 Å². The van der Waals surface area contributed by atoms with Crippen molar-refractivity contribution >= 4 is 11.6 Å². The molecule has 3 aromatic carbocycles. The van der Waals surface area contributed by atoms with Gasteiger partial charge >= 0.3 is 6.36 Å². The number of ether oxygens (including phenoxy) is 1. The van der Waals surface area contributed by atoms with Crippen LogP contribution in [0.15, 0.2) is 60.7 Å². The maximum atomic E-state index is 14.1. The Labute approximate surface area is 174 Å². The Morgan fingerprint density at radius 2 is 1.68 bits per heavy atom. The summed E-state index contributed by atoms with van der Waals surface area (Å²) in [5.41, 5.74) is 1.54. The molecular weight excluding hydrogens is 417 g/mol. The van der Waals surface area contributed by atoms with Crippen LogP contribution in [0.1, 0.15) is 18.1 Å². The second-order valence-electron chi connectivity index (χ2n) is 7.54. The number of hydrogen-bond acceptors (Lipinski definition) is 2. The average molecular weight is 433 g/mol. The van der Waals surface area contributed by atoms with Gasteiger partial charge in [0.25, 0.3) is 0 Å². The number of amides is 1. The van der Waals surface area contributed by atoms with Crippen molar-refractivity contribution in [1.82, 2.24) is 0 Å². The molecule has 1 aliphatic rings. The van der Waals surface area contributed by atoms with Crippen molar-refractivity contribution < 1.29 is 31.5 Å². The van der Waals surface area contributed by atoms with Gasteiger partial charge in [-0.3, -0.25) is 4.79 Å². The minimum atomic E-state index is -4.78. The zero-order valence-corrected chi connectivity index (χ0v) is 16.2. The average Bonchev–Trinajstić information content (AvgIpc) is 2.92. The molecule has 1 unspecified atom stereocenters. The summed E-state index contributed by atoms with van der Waals surface area (Å²) in [6.07, 6.45) is -4.54. The van der Waals surface area contributed by atoms with Crippen LogP contribution in [0.3, 0.4) is 0 Å². The minimum absolute atomic E-state index is 0.201. The molecule has 1 amide bonds. The first-order valence-corrected chi connectivity index (χ1v) is 9.31. The molecule has 1 heterocycles. The summed E-state index contributed by atoms with van der Waals surface area (Å²) in [7, 11) is 0. The molecule has 0 fully saturated rings. The van der Waals surface area contributed by atoms with E-state index in [1.165, 1.54) is 30.3 Å². The molecule has 0 aromatic heterocycles. The fourth-order valence-corrected chi connectivity index (χ4v) is 3.80. The molecule has 1 atom stereocenters. The van der Waals surface area contributed by atoms with Gasteiger partial charge in [0.15, 0.2) is 0 Å². The van der Waals surface area contributed by atoms with Crippen LogP contribution >= 0.6 is 0 Å². The molecule has 0 bridgehead atoms. The van der Waals surface area contributed by atoms with Gasteiger partial charge in [-0.2, -0.15) is 0 Å². The first-order chi connectivity index (χ1) is 14.5. The summed E-state index contributed by atoms with van der Waals surface area (Å²) >= 11 is 0. The molecule has 31 heavy (non-hydrogen) atoms. The zero-order chi connectivity index (χ0) is 22.4. The number of carbonyl (C=O) groups is 1. The molecule has 160 valence electrons. The molecule has 3 aromatic rings. The third-order valence-electron chi connectivity index (χ3n) is 5.32. The largest absolute Gasteiger partial charge is 0.573 e. The number of alkyl halides is 3. The van der Waals surface area contributed by atoms with E-state index in [1.54, 1.807) is 25.1 Å². The number of benzene rings is 3. The monoisotopic (exact) mass is 433 g/mol. The fourth-order valence-electron chi connectivity index (χ4n) is 3.80. The van der Waals surface area contributed by atoms with Crippen molar-refractivity contribution in [2.75, 3.05) is 5.32 Å². The Bertz CT molecular complexity index is 1160. The van der Waals surface area contributed by atoms with Crippen LogP contribution in [0.5, 0.6) is 5.75 Å². The summed E-state index contributed by atoms with van der Waals surface area (Å²) in [4.78, 5) is 12.8. The Morgan fingerprint density at radius 3 is 2.32 bits per heavy atom. The number of nitrogens with one attached hydrogen (secondary N) is 1. The van der Waals surface area contributed by atoms with E-state index in [9.17, 15) is 26.7 Å². The Morgan fingerprint density at radius 1 is 0.968 bits per heavy atom. The highest BCUT2D eigenvalue weighted by atomic mass is 19.4. The van der Waals surface area contributed by atoms with E-state index >= 15 is 0 Å². The lowest BCUT2D eigenvalue weighted by atomic mass is 9.78. The summed E-state index contributed by atoms with van der Waals surface area (Å²) in [6, 6.07) is 13.6. The van der Waals surface area contributed by atoms with E-state index in [0.717, 1.165) is 12.1 Å². The Balaban J connectivity index is 1.61. The van der Waals surface area contributed by atoms with Crippen LogP contribution in [0.25, 0.3) is 11.1 Å². The van der Waals surface area contributed by atoms with E-state index < -0.39 is 23.4 Å². The van der Waals surface area contributed by atoms with Crippen LogP contribution < -0.4 is 10.1 Å². The van der Waals surface area contributed by atoms with Gasteiger partial charge in [-0.1, -0.05) is 24.3 Å². The van der Waals surface area contributed by atoms with Crippen molar-refractivity contribution in [2.45, 2.75) is 25.1 Å². The summed E-state index contributed by atoms with van der Waals surface area (Å²) in [5, 5.41) is 2.78. The molecular formula is C23H16F5NO2. The van der Waals surface area contributed by atoms with Crippen molar-refractivity contribution in [3.8, 4) is 16.9 Å². The van der Waals surface area contributed by atoms with E-state index in [4.69, 9.17) is 0 Å². The molecule has 1 aliphatic heterocycles. The maximum Gasteiger partial charge on any atom is 0.573 e. The smallest absolute Gasteiger partial charge is 0.406 e. The summed E-state index contributed by atoms with van der Waals surface area (Å²) in [5.74, 6) is -2.03. The van der Waals surface area contributed by atoms with Crippen molar-refractivity contribution in [1.29, 1.82) is 0 Å². The predicted octanol–water partition coefficient (Wildman–Crippen LogP) is 5.98. The lowest BCUT2D eigenvalue weighted by Crippen LogP contribution is -2.33. The van der Waals surface area contributed by atoms with Gasteiger partial charge in [0.1, 0.15) is 17.4 Å². The standard InChI is InChI=1S/C23H16F5NO2/c1-22(12-13-2-6-16(7-3-13)31-23(26,27)28)18-9-4-14(10-20(18)29-21(22)30)17-8-5-15(24)11-19(17)25/h2-11H,12H2,1H3,(H,29,30). The van der Waals surface area contributed by atoms with E-state index in [1.807, 2.05) is 0 Å². The Hall–Kier alpha value is -3.42. The fraction of sp³-hybridized carbons (Fsp3) is 0.174. The highest BCUT2D eigenvalue weighted by Crippen LogP contribution is 2.42. The molecule has 0 aliphatic carbocycles. The quantitative estimate of drug-likeness (QED) is 0.514. The Kier molecular flexibility index (Phi) is 4.95. The molecule has 0 saturated heterocycles. The van der Waals surface area contributed by atoms with Gasteiger partial charge in [-0.25, -0.2) is 8.78 Å². The number of halogens is 5. The molecule has 1 N–H and O–H groups in total. The van der Waals surface area contributed by atoms with Crippen LogP contribution in [0, 0.1) is 11.6 Å². The predicted molar refractivity (Wildman–Crippen MR) is 105 cm³/mol. The minimum Gasteiger partial charge on any atom is -0.406 e. The van der Waals surface area contributed by atoms with Crippen LogP contribution in [-0.2, 0) is 16.6 Å². The van der Waals surface area contributed by atoms with Gasteiger partial charge in [0.2, 0.25) is 5.91 Å². The van der Waals surface area contributed by atoms with E-state index in [0.29, 0.717) is 22.4 Å². The summed E-state index contributed by atoms with van der Waals surface area (Å²) in [6.45, 7) is 1.73. The highest BCUT2D eigenvalue weighted by molar-refractivity contribution is 6.06. The lowest BCUT2D eigenvalue weighted by molar-refractivity contribution is -0.274. The SMILES string of the molecule is CC1(Cc2ccc(OC(F)(F)F)cc2)C(=O)Nc2cc(-c3ccc(F)cc3F)ccc21. The third kappa shape index (κ3) is 4.10. The third-order valence-corrected chi connectivity index (χ3v) is 5.32. The summed E-state index contributed by atoms with van der Waals surface area (Å²) < 4.78 is 68.2. The second kappa shape index (κ2) is 7.37.